The number of thiazole rings is 1. The van der Waals surface area contributed by atoms with Gasteiger partial charge in [-0.3, -0.25) is 10.1 Å². The maximum Gasteiger partial charge on any atom is 0.274 e. The zero-order valence-corrected chi connectivity index (χ0v) is 10.5. The number of aromatic nitrogens is 1. The van der Waals surface area contributed by atoms with Crippen LogP contribution < -0.4 is 5.73 Å². The van der Waals surface area contributed by atoms with Crippen molar-refractivity contribution in [2.75, 3.05) is 0 Å². The first-order valence-electron chi connectivity index (χ1n) is 5.27. The van der Waals surface area contributed by atoms with Crippen molar-refractivity contribution in [3.05, 3.63) is 32.8 Å². The highest BCUT2D eigenvalue weighted by Crippen LogP contribution is 2.30. The minimum absolute atomic E-state index is 0.106. The summed E-state index contributed by atoms with van der Waals surface area (Å²) in [7, 11) is 0. The van der Waals surface area contributed by atoms with Crippen LogP contribution in [-0.2, 0) is 6.42 Å². The van der Waals surface area contributed by atoms with Gasteiger partial charge in [-0.25, -0.2) is 4.98 Å². The summed E-state index contributed by atoms with van der Waals surface area (Å²) in [4.78, 5) is 15.0. The summed E-state index contributed by atoms with van der Waals surface area (Å²) >= 11 is 1.46. The van der Waals surface area contributed by atoms with Crippen LogP contribution in [0.15, 0.2) is 12.1 Å². The molecule has 0 radical (unpaired) electrons. The van der Waals surface area contributed by atoms with E-state index in [2.05, 4.69) is 4.98 Å². The molecule has 2 aromatic rings. The molecule has 0 spiro atoms. The summed E-state index contributed by atoms with van der Waals surface area (Å²) in [5.41, 5.74) is 7.31. The molecule has 0 bridgehead atoms. The van der Waals surface area contributed by atoms with E-state index in [-0.39, 0.29) is 16.7 Å². The third-order valence-electron chi connectivity index (χ3n) is 2.43. The number of nitro groups is 1. The molecule has 1 unspecified atom stereocenters. The van der Waals surface area contributed by atoms with E-state index in [9.17, 15) is 10.1 Å². The van der Waals surface area contributed by atoms with E-state index in [0.717, 1.165) is 15.2 Å². The molecular weight excluding hydrogens is 238 g/mol. The molecule has 1 aromatic heterocycles. The largest absolute Gasteiger partial charge is 0.328 e. The molecule has 0 fully saturated rings. The Morgan fingerprint density at radius 2 is 2.29 bits per heavy atom. The van der Waals surface area contributed by atoms with Gasteiger partial charge >= 0.3 is 0 Å². The van der Waals surface area contributed by atoms with E-state index in [1.165, 1.54) is 11.3 Å². The number of nitrogens with two attached hydrogens (primary N) is 1. The molecule has 17 heavy (non-hydrogen) atoms. The van der Waals surface area contributed by atoms with Gasteiger partial charge in [0.25, 0.3) is 5.69 Å². The van der Waals surface area contributed by atoms with Crippen LogP contribution in [0.25, 0.3) is 10.2 Å². The Kier molecular flexibility index (Phi) is 3.08. The lowest BCUT2D eigenvalue weighted by atomic mass is 10.1. The van der Waals surface area contributed by atoms with Gasteiger partial charge in [0, 0.05) is 17.7 Å². The summed E-state index contributed by atoms with van der Waals surface area (Å²) in [6.45, 7) is 3.72. The van der Waals surface area contributed by atoms with Gasteiger partial charge in [-0.05, 0) is 26.3 Å². The molecule has 90 valence electrons. The fourth-order valence-electron chi connectivity index (χ4n) is 1.80. The molecule has 5 nitrogen and oxygen atoms in total. The summed E-state index contributed by atoms with van der Waals surface area (Å²) in [5, 5.41) is 11.9. The van der Waals surface area contributed by atoms with Crippen LogP contribution in [0, 0.1) is 17.0 Å². The molecule has 0 aliphatic heterocycles. The Labute approximate surface area is 102 Å². The average Bonchev–Trinajstić information content (AvgIpc) is 2.54. The van der Waals surface area contributed by atoms with Gasteiger partial charge in [-0.1, -0.05) is 0 Å². The van der Waals surface area contributed by atoms with Gasteiger partial charge in [0.2, 0.25) is 0 Å². The zero-order chi connectivity index (χ0) is 12.6. The highest BCUT2D eigenvalue weighted by atomic mass is 32.1. The lowest BCUT2D eigenvalue weighted by Crippen LogP contribution is -2.18. The van der Waals surface area contributed by atoms with Crippen LogP contribution in [0.4, 0.5) is 5.69 Å². The minimum atomic E-state index is -0.355. The second-order valence-electron chi connectivity index (χ2n) is 4.12. The Morgan fingerprint density at radius 1 is 1.59 bits per heavy atom. The lowest BCUT2D eigenvalue weighted by Gasteiger charge is -2.05. The van der Waals surface area contributed by atoms with Crippen molar-refractivity contribution in [2.24, 2.45) is 5.73 Å². The molecular formula is C11H13N3O2S. The highest BCUT2D eigenvalue weighted by molar-refractivity contribution is 7.18. The van der Waals surface area contributed by atoms with Gasteiger partial charge in [-0.2, -0.15) is 0 Å². The molecule has 6 heteroatoms. The van der Waals surface area contributed by atoms with Crippen molar-refractivity contribution in [1.82, 2.24) is 4.98 Å². The number of rotatable bonds is 3. The van der Waals surface area contributed by atoms with Crippen LogP contribution in [-0.4, -0.2) is 15.9 Å². The fourth-order valence-corrected chi connectivity index (χ4v) is 2.64. The predicted molar refractivity (Wildman–Crippen MR) is 68.4 cm³/mol. The van der Waals surface area contributed by atoms with Crippen LogP contribution >= 0.6 is 11.3 Å². The SMILES string of the molecule is Cc1nc2cc(CC(C)N)c([N+](=O)[O-])cc2s1. The number of fused-ring (bicyclic) bond motifs is 1. The Hall–Kier alpha value is -1.53. The number of hydrogen-bond donors (Lipinski definition) is 1. The number of aryl methyl sites for hydroxylation is 1. The Morgan fingerprint density at radius 3 is 2.88 bits per heavy atom. The van der Waals surface area contributed by atoms with Crippen molar-refractivity contribution in [2.45, 2.75) is 26.3 Å². The summed E-state index contributed by atoms with van der Waals surface area (Å²) in [6, 6.07) is 3.27. The summed E-state index contributed by atoms with van der Waals surface area (Å²) < 4.78 is 0.850. The molecule has 0 amide bonds. The van der Waals surface area contributed by atoms with Gasteiger partial charge in [0.15, 0.2) is 0 Å². The van der Waals surface area contributed by atoms with Crippen molar-refractivity contribution in [3.63, 3.8) is 0 Å². The average molecular weight is 251 g/mol. The molecule has 2 N–H and O–H groups in total. The third-order valence-corrected chi connectivity index (χ3v) is 3.37. The predicted octanol–water partition coefficient (Wildman–Crippen LogP) is 2.40. The van der Waals surface area contributed by atoms with Crippen LogP contribution in [0.1, 0.15) is 17.5 Å². The molecule has 1 aromatic carbocycles. The molecule has 0 saturated carbocycles. The van der Waals surface area contributed by atoms with Crippen molar-refractivity contribution in [1.29, 1.82) is 0 Å². The summed E-state index contributed by atoms with van der Waals surface area (Å²) in [5.74, 6) is 0. The van der Waals surface area contributed by atoms with Crippen LogP contribution in [0.3, 0.4) is 0 Å². The minimum Gasteiger partial charge on any atom is -0.328 e. The Bertz CT molecular complexity index is 577. The van der Waals surface area contributed by atoms with Gasteiger partial charge in [0.1, 0.15) is 0 Å². The number of nitrogens with zero attached hydrogens (tertiary/aromatic N) is 2. The van der Waals surface area contributed by atoms with Crippen LogP contribution in [0.2, 0.25) is 0 Å². The number of nitro benzene ring substituents is 1. The van der Waals surface area contributed by atoms with Gasteiger partial charge in [0.05, 0.1) is 20.1 Å². The zero-order valence-electron chi connectivity index (χ0n) is 9.64. The normalized spacial score (nSPS) is 12.9. The van der Waals surface area contributed by atoms with E-state index in [1.54, 1.807) is 12.1 Å². The van der Waals surface area contributed by atoms with Crippen molar-refractivity contribution < 1.29 is 4.92 Å². The second kappa shape index (κ2) is 4.38. The maximum absolute atomic E-state index is 11.0. The maximum atomic E-state index is 11.0. The van der Waals surface area contributed by atoms with Crippen molar-refractivity contribution >= 4 is 27.2 Å². The molecule has 0 aliphatic rings. The fraction of sp³-hybridized carbons (Fsp3) is 0.364. The molecule has 1 heterocycles. The Balaban J connectivity index is 2.61. The molecule has 0 aliphatic carbocycles. The summed E-state index contributed by atoms with van der Waals surface area (Å²) in [6.07, 6.45) is 0.489. The molecule has 2 rings (SSSR count). The molecule has 0 saturated heterocycles. The first-order valence-corrected chi connectivity index (χ1v) is 6.09. The lowest BCUT2D eigenvalue weighted by molar-refractivity contribution is -0.385. The smallest absolute Gasteiger partial charge is 0.274 e. The quantitative estimate of drug-likeness (QED) is 0.670. The number of benzene rings is 1. The van der Waals surface area contributed by atoms with E-state index in [0.29, 0.717) is 12.0 Å². The van der Waals surface area contributed by atoms with Crippen molar-refractivity contribution in [3.8, 4) is 0 Å². The number of hydrogen-bond acceptors (Lipinski definition) is 5. The van der Waals surface area contributed by atoms with Gasteiger partial charge in [-0.15, -0.1) is 11.3 Å². The topological polar surface area (TPSA) is 82.0 Å². The van der Waals surface area contributed by atoms with E-state index < -0.39 is 0 Å². The van der Waals surface area contributed by atoms with Gasteiger partial charge < -0.3 is 5.73 Å². The monoisotopic (exact) mass is 251 g/mol. The van der Waals surface area contributed by atoms with E-state index in [4.69, 9.17) is 5.73 Å². The van der Waals surface area contributed by atoms with E-state index in [1.807, 2.05) is 13.8 Å². The second-order valence-corrected chi connectivity index (χ2v) is 5.35. The first-order chi connectivity index (χ1) is 7.97. The van der Waals surface area contributed by atoms with E-state index >= 15 is 0 Å². The van der Waals surface area contributed by atoms with Crippen LogP contribution in [0.5, 0.6) is 0 Å². The molecule has 1 atom stereocenters. The highest BCUT2D eigenvalue weighted by Gasteiger charge is 2.17. The first kappa shape index (κ1) is 11.9. The standard InChI is InChI=1S/C11H13N3O2S/c1-6(12)3-8-4-9-11(17-7(2)13-9)5-10(8)14(15)16/h4-6H,3,12H2,1-2H3. The third kappa shape index (κ3) is 2.42.